The van der Waals surface area contributed by atoms with Gasteiger partial charge in [-0.05, 0) is 19.9 Å². The lowest BCUT2D eigenvalue weighted by Gasteiger charge is -2.18. The average molecular weight is 253 g/mol. The number of nitro groups is 1. The molecule has 3 N–H and O–H groups in total. The molecular weight excluding hydrogens is 238 g/mol. The lowest BCUT2D eigenvalue weighted by atomic mass is 10.1. The molecule has 18 heavy (non-hydrogen) atoms. The summed E-state index contributed by atoms with van der Waals surface area (Å²) in [7, 11) is 1.41. The maximum absolute atomic E-state index is 11.7. The predicted octanol–water partition coefficient (Wildman–Crippen LogP) is 1.28. The first kappa shape index (κ1) is 13.9. The molecule has 1 aromatic rings. The van der Waals surface area contributed by atoms with Crippen LogP contribution in [-0.2, 0) is 4.79 Å². The molecule has 0 bridgehead atoms. The molecule has 1 amide bonds. The fourth-order valence-electron chi connectivity index (χ4n) is 1.19. The quantitative estimate of drug-likeness (QED) is 0.620. The van der Waals surface area contributed by atoms with Crippen LogP contribution in [0.3, 0.4) is 0 Å². The van der Waals surface area contributed by atoms with Crippen molar-refractivity contribution < 1.29 is 14.5 Å². The normalized spacial score (nSPS) is 10.9. The Balaban J connectivity index is 3.09. The van der Waals surface area contributed by atoms with Crippen molar-refractivity contribution >= 4 is 17.3 Å². The number of ether oxygens (including phenoxy) is 1. The number of methoxy groups -OCH3 is 1. The molecule has 7 nitrogen and oxygen atoms in total. The maximum atomic E-state index is 11.7. The van der Waals surface area contributed by atoms with Crippen molar-refractivity contribution in [2.45, 2.75) is 19.4 Å². The Morgan fingerprint density at radius 1 is 1.50 bits per heavy atom. The van der Waals surface area contributed by atoms with E-state index in [1.165, 1.54) is 39.2 Å². The molecular formula is C11H15N3O4. The van der Waals surface area contributed by atoms with E-state index < -0.39 is 16.4 Å². The Morgan fingerprint density at radius 3 is 2.56 bits per heavy atom. The van der Waals surface area contributed by atoms with Crippen LogP contribution >= 0.6 is 0 Å². The van der Waals surface area contributed by atoms with E-state index in [0.717, 1.165) is 0 Å². The number of hydrogen-bond donors (Lipinski definition) is 2. The Labute approximate surface area is 104 Å². The maximum Gasteiger partial charge on any atom is 0.271 e. The first-order chi connectivity index (χ1) is 8.25. The monoisotopic (exact) mass is 253 g/mol. The largest absolute Gasteiger partial charge is 0.495 e. The molecule has 0 saturated carbocycles. The summed E-state index contributed by atoms with van der Waals surface area (Å²) in [6.07, 6.45) is 0. The van der Waals surface area contributed by atoms with E-state index in [0.29, 0.717) is 5.75 Å². The van der Waals surface area contributed by atoms with Gasteiger partial charge in [-0.3, -0.25) is 14.9 Å². The average Bonchev–Trinajstić information content (AvgIpc) is 2.27. The highest BCUT2D eigenvalue weighted by Gasteiger charge is 2.23. The summed E-state index contributed by atoms with van der Waals surface area (Å²) < 4.78 is 5.02. The number of benzene rings is 1. The number of carbonyl (C=O) groups is 1. The van der Waals surface area contributed by atoms with Crippen LogP contribution in [0.2, 0.25) is 0 Å². The smallest absolute Gasteiger partial charge is 0.271 e. The van der Waals surface area contributed by atoms with Gasteiger partial charge in [-0.2, -0.15) is 0 Å². The molecule has 98 valence electrons. The highest BCUT2D eigenvalue weighted by atomic mass is 16.6. The predicted molar refractivity (Wildman–Crippen MR) is 66.5 cm³/mol. The van der Waals surface area contributed by atoms with E-state index in [1.807, 2.05) is 0 Å². The summed E-state index contributed by atoms with van der Waals surface area (Å²) in [6.45, 7) is 3.07. The molecule has 0 fully saturated rings. The zero-order valence-electron chi connectivity index (χ0n) is 10.4. The van der Waals surface area contributed by atoms with Gasteiger partial charge in [0.15, 0.2) is 0 Å². The minimum absolute atomic E-state index is 0.138. The number of nitrogens with zero attached hydrogens (tertiary/aromatic N) is 1. The van der Waals surface area contributed by atoms with Gasteiger partial charge in [-0.1, -0.05) is 0 Å². The van der Waals surface area contributed by atoms with E-state index in [9.17, 15) is 14.9 Å². The van der Waals surface area contributed by atoms with Gasteiger partial charge in [0.25, 0.3) is 5.69 Å². The van der Waals surface area contributed by atoms with Crippen molar-refractivity contribution in [2.75, 3.05) is 12.4 Å². The zero-order valence-corrected chi connectivity index (χ0v) is 10.4. The zero-order chi connectivity index (χ0) is 13.9. The SMILES string of the molecule is COc1ccc([N+](=O)[O-])cc1NC(=O)C(C)(C)N. The van der Waals surface area contributed by atoms with Crippen LogP contribution in [0.1, 0.15) is 13.8 Å². The lowest BCUT2D eigenvalue weighted by Crippen LogP contribution is -2.45. The van der Waals surface area contributed by atoms with Crippen molar-refractivity contribution in [2.24, 2.45) is 5.73 Å². The van der Waals surface area contributed by atoms with Crippen LogP contribution in [0.4, 0.5) is 11.4 Å². The molecule has 0 aliphatic rings. The Bertz CT molecular complexity index is 480. The minimum Gasteiger partial charge on any atom is -0.495 e. The first-order valence-corrected chi connectivity index (χ1v) is 5.18. The molecule has 0 radical (unpaired) electrons. The highest BCUT2D eigenvalue weighted by Crippen LogP contribution is 2.29. The molecule has 0 atom stereocenters. The molecule has 0 heterocycles. The number of non-ortho nitro benzene ring substituents is 1. The number of nitrogens with two attached hydrogens (primary N) is 1. The standard InChI is InChI=1S/C11H15N3O4/c1-11(2,12)10(15)13-8-6-7(14(16)17)4-5-9(8)18-3/h4-6H,12H2,1-3H3,(H,13,15). The van der Waals surface area contributed by atoms with Crippen LogP contribution in [0.25, 0.3) is 0 Å². The summed E-state index contributed by atoms with van der Waals surface area (Å²) in [5, 5.41) is 13.2. The number of nitrogens with one attached hydrogen (secondary N) is 1. The topological polar surface area (TPSA) is 107 Å². The van der Waals surface area contributed by atoms with E-state index in [2.05, 4.69) is 5.32 Å². The third kappa shape index (κ3) is 3.17. The molecule has 1 aromatic carbocycles. The number of carbonyl (C=O) groups excluding carboxylic acids is 1. The van der Waals surface area contributed by atoms with Crippen LogP contribution in [-0.4, -0.2) is 23.5 Å². The Morgan fingerprint density at radius 2 is 2.11 bits per heavy atom. The third-order valence-corrected chi connectivity index (χ3v) is 2.23. The first-order valence-electron chi connectivity index (χ1n) is 5.18. The van der Waals surface area contributed by atoms with Crippen LogP contribution in [0.15, 0.2) is 18.2 Å². The van der Waals surface area contributed by atoms with E-state index in [-0.39, 0.29) is 11.4 Å². The summed E-state index contributed by atoms with van der Waals surface area (Å²) in [4.78, 5) is 21.8. The van der Waals surface area contributed by atoms with Gasteiger partial charge >= 0.3 is 0 Å². The van der Waals surface area contributed by atoms with Gasteiger partial charge in [0.2, 0.25) is 5.91 Å². The van der Waals surface area contributed by atoms with Crippen LogP contribution < -0.4 is 15.8 Å². The summed E-state index contributed by atoms with van der Waals surface area (Å²) in [5.41, 5.74) is 4.62. The molecule has 0 aliphatic carbocycles. The summed E-state index contributed by atoms with van der Waals surface area (Å²) in [6, 6.07) is 3.93. The van der Waals surface area contributed by atoms with Gasteiger partial charge in [-0.25, -0.2) is 0 Å². The van der Waals surface area contributed by atoms with Gasteiger partial charge in [-0.15, -0.1) is 0 Å². The Kier molecular flexibility index (Phi) is 3.87. The van der Waals surface area contributed by atoms with Crippen molar-refractivity contribution in [3.8, 4) is 5.75 Å². The van der Waals surface area contributed by atoms with Crippen molar-refractivity contribution in [3.63, 3.8) is 0 Å². The second-order valence-corrected chi connectivity index (χ2v) is 4.32. The number of rotatable bonds is 4. The van der Waals surface area contributed by atoms with E-state index in [4.69, 9.17) is 10.5 Å². The minimum atomic E-state index is -1.09. The van der Waals surface area contributed by atoms with E-state index in [1.54, 1.807) is 0 Å². The molecule has 0 aromatic heterocycles. The molecule has 1 rings (SSSR count). The molecule has 0 unspecified atom stereocenters. The molecule has 0 aliphatic heterocycles. The second-order valence-electron chi connectivity index (χ2n) is 4.32. The lowest BCUT2D eigenvalue weighted by molar-refractivity contribution is -0.384. The number of amides is 1. The fraction of sp³-hybridized carbons (Fsp3) is 0.364. The van der Waals surface area contributed by atoms with Crippen LogP contribution in [0, 0.1) is 10.1 Å². The summed E-state index contributed by atoms with van der Waals surface area (Å²) in [5.74, 6) is -0.125. The highest BCUT2D eigenvalue weighted by molar-refractivity contribution is 5.98. The number of nitro benzene ring substituents is 1. The number of anilines is 1. The molecule has 0 spiro atoms. The molecule has 7 heteroatoms. The van der Waals surface area contributed by atoms with Gasteiger partial charge in [0.1, 0.15) is 5.75 Å². The van der Waals surface area contributed by atoms with Crippen molar-refractivity contribution in [1.29, 1.82) is 0 Å². The van der Waals surface area contributed by atoms with E-state index >= 15 is 0 Å². The second kappa shape index (κ2) is 5.01. The van der Waals surface area contributed by atoms with Gasteiger partial charge in [0.05, 0.1) is 23.3 Å². The molecule has 0 saturated heterocycles. The van der Waals surface area contributed by atoms with Crippen molar-refractivity contribution in [1.82, 2.24) is 0 Å². The Hall–Kier alpha value is -2.15. The van der Waals surface area contributed by atoms with Gasteiger partial charge < -0.3 is 15.8 Å². The summed E-state index contributed by atoms with van der Waals surface area (Å²) >= 11 is 0. The third-order valence-electron chi connectivity index (χ3n) is 2.23. The van der Waals surface area contributed by atoms with Crippen molar-refractivity contribution in [3.05, 3.63) is 28.3 Å². The number of hydrogen-bond acceptors (Lipinski definition) is 5. The fourth-order valence-corrected chi connectivity index (χ4v) is 1.19. The van der Waals surface area contributed by atoms with Gasteiger partial charge in [0, 0.05) is 12.1 Å². The van der Waals surface area contributed by atoms with Crippen LogP contribution in [0.5, 0.6) is 5.75 Å².